The van der Waals surface area contributed by atoms with Crippen molar-refractivity contribution in [1.82, 2.24) is 4.98 Å². The molecule has 1 atom stereocenters. The number of hydrogen-bond donors (Lipinski definition) is 1. The summed E-state index contributed by atoms with van der Waals surface area (Å²) in [6.07, 6.45) is -0.988. The molecule has 2 heterocycles. The van der Waals surface area contributed by atoms with Crippen molar-refractivity contribution in [3.8, 4) is 11.3 Å². The summed E-state index contributed by atoms with van der Waals surface area (Å²) in [4.78, 5) is 41.0. The first-order valence-corrected chi connectivity index (χ1v) is 10.4. The summed E-state index contributed by atoms with van der Waals surface area (Å²) in [5, 5.41) is 6.73. The molecule has 0 saturated heterocycles. The van der Waals surface area contributed by atoms with Crippen LogP contribution in [0.1, 0.15) is 29.4 Å². The summed E-state index contributed by atoms with van der Waals surface area (Å²) < 4.78 is 5.12. The lowest BCUT2D eigenvalue weighted by atomic mass is 10.2. The van der Waals surface area contributed by atoms with E-state index in [4.69, 9.17) is 4.74 Å². The van der Waals surface area contributed by atoms with Gasteiger partial charge in [-0.1, -0.05) is 36.4 Å². The van der Waals surface area contributed by atoms with Crippen molar-refractivity contribution < 1.29 is 19.1 Å². The maximum atomic E-state index is 12.2. The predicted molar refractivity (Wildman–Crippen MR) is 110 cm³/mol. The standard InChI is InChI=1S/C20H18N2O4S2/c1-13(26-18(24)10-9-16(23)17-8-5-11-27-17)19(25)22-20-21-15(12-28-20)14-6-3-2-4-7-14/h2-8,11-13H,9-10H2,1H3,(H,21,22,25)/t13-/m1/s1. The van der Waals surface area contributed by atoms with Gasteiger partial charge in [-0.3, -0.25) is 19.7 Å². The van der Waals surface area contributed by atoms with Crippen LogP contribution >= 0.6 is 22.7 Å². The summed E-state index contributed by atoms with van der Waals surface area (Å²) in [6.45, 7) is 1.49. The second-order valence-electron chi connectivity index (χ2n) is 5.93. The molecule has 8 heteroatoms. The first-order chi connectivity index (χ1) is 13.5. The zero-order valence-electron chi connectivity index (χ0n) is 15.1. The molecular weight excluding hydrogens is 396 g/mol. The van der Waals surface area contributed by atoms with Gasteiger partial charge in [-0.25, -0.2) is 4.98 Å². The lowest BCUT2D eigenvalue weighted by Gasteiger charge is -2.12. The minimum Gasteiger partial charge on any atom is -0.453 e. The van der Waals surface area contributed by atoms with Crippen LogP contribution in [0.5, 0.6) is 0 Å². The van der Waals surface area contributed by atoms with Crippen LogP contribution < -0.4 is 5.32 Å². The maximum Gasteiger partial charge on any atom is 0.307 e. The van der Waals surface area contributed by atoms with Crippen LogP contribution in [0.3, 0.4) is 0 Å². The van der Waals surface area contributed by atoms with Crippen LogP contribution in [0.2, 0.25) is 0 Å². The molecule has 0 radical (unpaired) electrons. The van der Waals surface area contributed by atoms with E-state index >= 15 is 0 Å². The number of thiophene rings is 1. The summed E-state index contributed by atoms with van der Waals surface area (Å²) in [6, 6.07) is 13.1. The number of ketones is 1. The number of amides is 1. The quantitative estimate of drug-likeness (QED) is 0.436. The second kappa shape index (κ2) is 9.38. The molecule has 28 heavy (non-hydrogen) atoms. The van der Waals surface area contributed by atoms with Crippen molar-refractivity contribution in [2.75, 3.05) is 5.32 Å². The molecule has 0 aliphatic rings. The summed E-state index contributed by atoms with van der Waals surface area (Å²) in [5.41, 5.74) is 1.71. The third-order valence-electron chi connectivity index (χ3n) is 3.83. The Kier molecular flexibility index (Phi) is 6.67. The van der Waals surface area contributed by atoms with Crippen LogP contribution in [0.25, 0.3) is 11.3 Å². The number of benzene rings is 1. The molecule has 0 fully saturated rings. The number of rotatable bonds is 8. The van der Waals surface area contributed by atoms with E-state index in [0.717, 1.165) is 11.3 Å². The fourth-order valence-electron chi connectivity index (χ4n) is 2.37. The zero-order chi connectivity index (χ0) is 19.9. The number of Topliss-reactive ketones (excluding diaryl/α,β-unsaturated/α-hetero) is 1. The Labute approximate surface area is 170 Å². The highest BCUT2D eigenvalue weighted by atomic mass is 32.1. The Morgan fingerprint density at radius 2 is 1.86 bits per heavy atom. The van der Waals surface area contributed by atoms with E-state index < -0.39 is 18.0 Å². The lowest BCUT2D eigenvalue weighted by molar-refractivity contribution is -0.153. The number of nitrogens with zero attached hydrogens (tertiary/aromatic N) is 1. The van der Waals surface area contributed by atoms with E-state index in [0.29, 0.717) is 10.0 Å². The van der Waals surface area contributed by atoms with Gasteiger partial charge in [0.2, 0.25) is 0 Å². The van der Waals surface area contributed by atoms with Gasteiger partial charge in [0.1, 0.15) is 0 Å². The molecule has 0 aliphatic carbocycles. The summed E-state index contributed by atoms with van der Waals surface area (Å²) in [5.74, 6) is -1.16. The highest BCUT2D eigenvalue weighted by Crippen LogP contribution is 2.24. The number of nitrogens with one attached hydrogen (secondary N) is 1. The highest BCUT2D eigenvalue weighted by Gasteiger charge is 2.20. The third-order valence-corrected chi connectivity index (χ3v) is 5.50. The van der Waals surface area contributed by atoms with Gasteiger partial charge in [0.05, 0.1) is 17.0 Å². The van der Waals surface area contributed by atoms with Gasteiger partial charge in [-0.15, -0.1) is 22.7 Å². The van der Waals surface area contributed by atoms with Gasteiger partial charge >= 0.3 is 5.97 Å². The van der Waals surface area contributed by atoms with Crippen LogP contribution in [-0.2, 0) is 14.3 Å². The molecule has 0 aliphatic heterocycles. The Morgan fingerprint density at radius 1 is 1.07 bits per heavy atom. The zero-order valence-corrected chi connectivity index (χ0v) is 16.7. The number of thiazole rings is 1. The molecule has 1 aromatic carbocycles. The SMILES string of the molecule is C[C@@H](OC(=O)CCC(=O)c1cccs1)C(=O)Nc1nc(-c2ccccc2)cs1. The fraction of sp³-hybridized carbons (Fsp3) is 0.200. The van der Waals surface area contributed by atoms with Crippen molar-refractivity contribution >= 4 is 45.5 Å². The Bertz CT molecular complexity index is 952. The Hall–Kier alpha value is -2.84. The van der Waals surface area contributed by atoms with Crippen LogP contribution in [0.15, 0.2) is 53.2 Å². The fourth-order valence-corrected chi connectivity index (χ4v) is 3.78. The van der Waals surface area contributed by atoms with Crippen molar-refractivity contribution in [2.45, 2.75) is 25.9 Å². The molecule has 6 nitrogen and oxygen atoms in total. The van der Waals surface area contributed by atoms with Crippen LogP contribution in [0.4, 0.5) is 5.13 Å². The van der Waals surface area contributed by atoms with Gasteiger partial charge in [0, 0.05) is 17.4 Å². The molecule has 0 spiro atoms. The van der Waals surface area contributed by atoms with Crippen molar-refractivity contribution in [3.05, 3.63) is 58.1 Å². The molecule has 1 amide bonds. The number of carbonyl (C=O) groups is 3. The molecule has 0 unspecified atom stereocenters. The average Bonchev–Trinajstić information content (AvgIpc) is 3.39. The second-order valence-corrected chi connectivity index (χ2v) is 7.73. The largest absolute Gasteiger partial charge is 0.453 e. The van der Waals surface area contributed by atoms with E-state index in [9.17, 15) is 14.4 Å². The summed E-state index contributed by atoms with van der Waals surface area (Å²) >= 11 is 2.63. The van der Waals surface area contributed by atoms with Gasteiger partial charge < -0.3 is 4.74 Å². The van der Waals surface area contributed by atoms with Crippen molar-refractivity contribution in [1.29, 1.82) is 0 Å². The van der Waals surface area contributed by atoms with Gasteiger partial charge in [-0.05, 0) is 18.4 Å². The molecule has 144 valence electrons. The molecule has 3 rings (SSSR count). The molecule has 0 bridgehead atoms. The first kappa shape index (κ1) is 19.9. The molecule has 3 aromatic rings. The maximum absolute atomic E-state index is 12.2. The minimum atomic E-state index is -0.978. The number of ether oxygens (including phenoxy) is 1. The van der Waals surface area contributed by atoms with Gasteiger partial charge in [-0.2, -0.15) is 0 Å². The van der Waals surface area contributed by atoms with E-state index in [2.05, 4.69) is 10.3 Å². The normalized spacial score (nSPS) is 11.6. The van der Waals surface area contributed by atoms with Crippen molar-refractivity contribution in [3.63, 3.8) is 0 Å². The number of hydrogen-bond acceptors (Lipinski definition) is 7. The lowest BCUT2D eigenvalue weighted by Crippen LogP contribution is -2.30. The summed E-state index contributed by atoms with van der Waals surface area (Å²) in [7, 11) is 0. The molecule has 1 N–H and O–H groups in total. The molecular formula is C20H18N2O4S2. The minimum absolute atomic E-state index is 0.0562. The van der Waals surface area contributed by atoms with Crippen molar-refractivity contribution in [2.24, 2.45) is 0 Å². The smallest absolute Gasteiger partial charge is 0.307 e. The molecule has 2 aromatic heterocycles. The van der Waals surface area contributed by atoms with Crippen LogP contribution in [-0.4, -0.2) is 28.7 Å². The third kappa shape index (κ3) is 5.34. The number of aromatic nitrogens is 1. The average molecular weight is 415 g/mol. The van der Waals surface area contributed by atoms with E-state index in [-0.39, 0.29) is 18.6 Å². The number of carbonyl (C=O) groups excluding carboxylic acids is 3. The number of esters is 1. The van der Waals surface area contributed by atoms with E-state index in [1.54, 1.807) is 17.5 Å². The number of anilines is 1. The Morgan fingerprint density at radius 3 is 2.57 bits per heavy atom. The highest BCUT2D eigenvalue weighted by molar-refractivity contribution is 7.14. The van der Waals surface area contributed by atoms with Crippen LogP contribution in [0, 0.1) is 0 Å². The topological polar surface area (TPSA) is 85.4 Å². The van der Waals surface area contributed by atoms with E-state index in [1.807, 2.05) is 35.7 Å². The first-order valence-electron chi connectivity index (χ1n) is 8.61. The molecule has 0 saturated carbocycles. The van der Waals surface area contributed by atoms with Gasteiger partial charge in [0.15, 0.2) is 17.0 Å². The monoisotopic (exact) mass is 414 g/mol. The Balaban J connectivity index is 1.47. The van der Waals surface area contributed by atoms with E-state index in [1.165, 1.54) is 29.6 Å². The van der Waals surface area contributed by atoms with Gasteiger partial charge in [0.25, 0.3) is 5.91 Å². The predicted octanol–water partition coefficient (Wildman–Crippen LogP) is 4.40.